The third-order valence-electron chi connectivity index (χ3n) is 3.37. The smallest absolute Gasteiger partial charge is 0.237 e. The lowest BCUT2D eigenvalue weighted by atomic mass is 9.91. The molecule has 1 atom stereocenters. The van der Waals surface area contributed by atoms with E-state index in [4.69, 9.17) is 0 Å². The van der Waals surface area contributed by atoms with E-state index in [1.807, 2.05) is 0 Å². The molecule has 1 aromatic carbocycles. The van der Waals surface area contributed by atoms with Gasteiger partial charge in [0.15, 0.2) is 0 Å². The number of piperidine rings is 1. The molecule has 0 aliphatic carbocycles. The summed E-state index contributed by atoms with van der Waals surface area (Å²) < 4.78 is 26.9. The summed E-state index contributed by atoms with van der Waals surface area (Å²) in [5, 5.41) is 0. The molecule has 0 bridgehead atoms. The van der Waals surface area contributed by atoms with E-state index >= 15 is 0 Å². The maximum absolute atomic E-state index is 13.7. The van der Waals surface area contributed by atoms with Crippen LogP contribution in [0.25, 0.3) is 0 Å². The topological polar surface area (TPSA) is 37.4 Å². The van der Waals surface area contributed by atoms with Crippen LogP contribution in [0.3, 0.4) is 0 Å². The van der Waals surface area contributed by atoms with Crippen molar-refractivity contribution in [3.63, 3.8) is 0 Å². The highest BCUT2D eigenvalue weighted by Crippen LogP contribution is 2.28. The summed E-state index contributed by atoms with van der Waals surface area (Å²) in [5.41, 5.74) is -0.0846. The van der Waals surface area contributed by atoms with Crippen LogP contribution < -0.4 is 4.90 Å². The van der Waals surface area contributed by atoms with Crippen LogP contribution >= 0.6 is 0 Å². The highest BCUT2D eigenvalue weighted by molar-refractivity contribution is 6.08. The van der Waals surface area contributed by atoms with E-state index in [-0.39, 0.29) is 17.9 Å². The zero-order chi connectivity index (χ0) is 14.0. The van der Waals surface area contributed by atoms with Gasteiger partial charge in [-0.3, -0.25) is 9.59 Å². The summed E-state index contributed by atoms with van der Waals surface area (Å²) in [4.78, 5) is 25.1. The monoisotopic (exact) mass is 267 g/mol. The number of ketones is 1. The van der Waals surface area contributed by atoms with E-state index in [2.05, 4.69) is 0 Å². The fraction of sp³-hybridized carbons (Fsp3) is 0.429. The predicted octanol–water partition coefficient (Wildman–Crippen LogP) is 2.69. The summed E-state index contributed by atoms with van der Waals surface area (Å²) in [6.45, 7) is 2.00. The highest BCUT2D eigenvalue weighted by atomic mass is 19.1. The molecule has 102 valence electrons. The van der Waals surface area contributed by atoms with Gasteiger partial charge < -0.3 is 4.90 Å². The molecule has 0 saturated carbocycles. The summed E-state index contributed by atoms with van der Waals surface area (Å²) >= 11 is 0. The molecular formula is C14H15F2NO2. The Morgan fingerprint density at radius 2 is 2.16 bits per heavy atom. The summed E-state index contributed by atoms with van der Waals surface area (Å²) in [6, 6.07) is 2.98. The van der Waals surface area contributed by atoms with E-state index in [1.54, 1.807) is 6.92 Å². The molecule has 1 amide bonds. The van der Waals surface area contributed by atoms with Crippen LogP contribution in [-0.4, -0.2) is 18.2 Å². The minimum atomic E-state index is -0.721. The normalized spacial score (nSPS) is 19.6. The average molecular weight is 267 g/mol. The molecule has 2 rings (SSSR count). The van der Waals surface area contributed by atoms with Crippen LogP contribution in [0, 0.1) is 17.6 Å². The Morgan fingerprint density at radius 3 is 2.84 bits per heavy atom. The molecule has 0 radical (unpaired) electrons. The largest absolute Gasteiger partial charge is 0.309 e. The maximum atomic E-state index is 13.7. The van der Waals surface area contributed by atoms with Crippen molar-refractivity contribution < 1.29 is 18.4 Å². The van der Waals surface area contributed by atoms with Crippen molar-refractivity contribution in [3.8, 4) is 0 Å². The standard InChI is InChI=1S/C14H15F2NO2/c1-2-13(18)10-4-3-7-17(14(10)19)12-8-9(15)5-6-11(12)16/h5-6,8,10H,2-4,7H2,1H3/t10-/m1/s1. The third-order valence-corrected chi connectivity index (χ3v) is 3.37. The summed E-state index contributed by atoms with van der Waals surface area (Å²) in [5.74, 6) is -2.55. The van der Waals surface area contributed by atoms with E-state index in [1.165, 1.54) is 4.90 Å². The Kier molecular flexibility index (Phi) is 3.93. The van der Waals surface area contributed by atoms with Crippen molar-refractivity contribution >= 4 is 17.4 Å². The SMILES string of the molecule is CCC(=O)[C@H]1CCCN(c2cc(F)ccc2F)C1=O. The van der Waals surface area contributed by atoms with E-state index in [0.717, 1.165) is 18.2 Å². The number of nitrogens with zero attached hydrogens (tertiary/aromatic N) is 1. The van der Waals surface area contributed by atoms with Crippen LogP contribution in [0.5, 0.6) is 0 Å². The van der Waals surface area contributed by atoms with Gasteiger partial charge in [0, 0.05) is 19.0 Å². The lowest BCUT2D eigenvalue weighted by molar-refractivity contribution is -0.133. The minimum Gasteiger partial charge on any atom is -0.309 e. The molecule has 0 N–H and O–H groups in total. The summed E-state index contributed by atoms with van der Waals surface area (Å²) in [6.07, 6.45) is 1.37. The fourth-order valence-corrected chi connectivity index (χ4v) is 2.35. The number of hydrogen-bond donors (Lipinski definition) is 0. The number of Topliss-reactive ketones (excluding diaryl/α,β-unsaturated/α-hetero) is 1. The van der Waals surface area contributed by atoms with Gasteiger partial charge in [0.05, 0.1) is 11.6 Å². The molecule has 1 saturated heterocycles. The van der Waals surface area contributed by atoms with Gasteiger partial charge in [-0.2, -0.15) is 0 Å². The molecular weight excluding hydrogens is 252 g/mol. The first-order chi connectivity index (χ1) is 9.04. The molecule has 1 aromatic rings. The Labute approximate surface area is 110 Å². The molecule has 1 fully saturated rings. The van der Waals surface area contributed by atoms with Gasteiger partial charge in [0.1, 0.15) is 17.4 Å². The number of rotatable bonds is 3. The summed E-state index contributed by atoms with van der Waals surface area (Å²) in [7, 11) is 0. The zero-order valence-electron chi connectivity index (χ0n) is 10.7. The Hall–Kier alpha value is -1.78. The number of hydrogen-bond acceptors (Lipinski definition) is 2. The first-order valence-corrected chi connectivity index (χ1v) is 6.33. The number of amides is 1. The Morgan fingerprint density at radius 1 is 1.42 bits per heavy atom. The Balaban J connectivity index is 2.31. The van der Waals surface area contributed by atoms with Crippen molar-refractivity contribution in [2.24, 2.45) is 5.92 Å². The molecule has 3 nitrogen and oxygen atoms in total. The van der Waals surface area contributed by atoms with Crippen molar-refractivity contribution in [1.82, 2.24) is 0 Å². The Bertz CT molecular complexity index is 516. The van der Waals surface area contributed by atoms with Crippen molar-refractivity contribution in [2.75, 3.05) is 11.4 Å². The first-order valence-electron chi connectivity index (χ1n) is 6.33. The van der Waals surface area contributed by atoms with Crippen molar-refractivity contribution in [1.29, 1.82) is 0 Å². The molecule has 0 spiro atoms. The number of carbonyl (C=O) groups is 2. The van der Waals surface area contributed by atoms with E-state index in [0.29, 0.717) is 19.4 Å². The number of anilines is 1. The second kappa shape index (κ2) is 5.47. The number of halogens is 2. The second-order valence-corrected chi connectivity index (χ2v) is 4.60. The fourth-order valence-electron chi connectivity index (χ4n) is 2.35. The molecule has 0 aromatic heterocycles. The van der Waals surface area contributed by atoms with Gasteiger partial charge in [-0.25, -0.2) is 8.78 Å². The predicted molar refractivity (Wildman–Crippen MR) is 66.7 cm³/mol. The van der Waals surface area contributed by atoms with Crippen LogP contribution in [-0.2, 0) is 9.59 Å². The highest BCUT2D eigenvalue weighted by Gasteiger charge is 2.34. The molecule has 19 heavy (non-hydrogen) atoms. The molecule has 1 aliphatic heterocycles. The quantitative estimate of drug-likeness (QED) is 0.790. The van der Waals surface area contributed by atoms with Gasteiger partial charge in [0.25, 0.3) is 0 Å². The lowest BCUT2D eigenvalue weighted by Gasteiger charge is -2.31. The third kappa shape index (κ3) is 2.64. The van der Waals surface area contributed by atoms with Gasteiger partial charge in [-0.1, -0.05) is 6.92 Å². The lowest BCUT2D eigenvalue weighted by Crippen LogP contribution is -2.44. The minimum absolute atomic E-state index is 0.0846. The average Bonchev–Trinajstić information content (AvgIpc) is 2.41. The first kappa shape index (κ1) is 13.6. The van der Waals surface area contributed by atoms with E-state index in [9.17, 15) is 18.4 Å². The van der Waals surface area contributed by atoms with Crippen LogP contribution in [0.2, 0.25) is 0 Å². The van der Waals surface area contributed by atoms with Crippen LogP contribution in [0.15, 0.2) is 18.2 Å². The van der Waals surface area contributed by atoms with Gasteiger partial charge in [-0.05, 0) is 25.0 Å². The van der Waals surface area contributed by atoms with Gasteiger partial charge in [-0.15, -0.1) is 0 Å². The molecule has 1 aliphatic rings. The van der Waals surface area contributed by atoms with E-state index < -0.39 is 23.5 Å². The van der Waals surface area contributed by atoms with Gasteiger partial charge in [0.2, 0.25) is 5.91 Å². The molecule has 5 heteroatoms. The van der Waals surface area contributed by atoms with Crippen LogP contribution in [0.4, 0.5) is 14.5 Å². The van der Waals surface area contributed by atoms with Crippen LogP contribution in [0.1, 0.15) is 26.2 Å². The zero-order valence-corrected chi connectivity index (χ0v) is 10.7. The number of carbonyl (C=O) groups excluding carboxylic acids is 2. The molecule has 1 heterocycles. The second-order valence-electron chi connectivity index (χ2n) is 4.60. The van der Waals surface area contributed by atoms with Crippen molar-refractivity contribution in [2.45, 2.75) is 26.2 Å². The maximum Gasteiger partial charge on any atom is 0.237 e. The number of benzene rings is 1. The van der Waals surface area contributed by atoms with Gasteiger partial charge >= 0.3 is 0 Å². The van der Waals surface area contributed by atoms with Crippen molar-refractivity contribution in [3.05, 3.63) is 29.8 Å². The molecule has 0 unspecified atom stereocenters.